The van der Waals surface area contributed by atoms with Gasteiger partial charge in [0.15, 0.2) is 11.5 Å². The fourth-order valence-electron chi connectivity index (χ4n) is 1.72. The van der Waals surface area contributed by atoms with E-state index in [1.807, 2.05) is 20.8 Å². The Balaban J connectivity index is 2.98. The first-order valence-electron chi connectivity index (χ1n) is 6.58. The lowest BCUT2D eigenvalue weighted by Gasteiger charge is -2.25. The highest BCUT2D eigenvalue weighted by Gasteiger charge is 2.25. The van der Waals surface area contributed by atoms with Gasteiger partial charge in [-0.2, -0.15) is 0 Å². The maximum atomic E-state index is 12.0. The molecular weight excluding hydrogens is 270 g/mol. The van der Waals surface area contributed by atoms with E-state index in [0.717, 1.165) is 0 Å². The molecule has 0 fully saturated rings. The Hall–Kier alpha value is -2.30. The van der Waals surface area contributed by atoms with Crippen molar-refractivity contribution in [1.29, 1.82) is 0 Å². The molecule has 1 rings (SSSR count). The van der Waals surface area contributed by atoms with Crippen LogP contribution in [-0.4, -0.2) is 18.8 Å². The third-order valence-electron chi connectivity index (χ3n) is 2.69. The molecule has 1 heterocycles. The largest absolute Gasteiger partial charge is 0.491 e. The van der Waals surface area contributed by atoms with Crippen LogP contribution in [0.1, 0.15) is 33.5 Å². The van der Waals surface area contributed by atoms with Crippen LogP contribution >= 0.6 is 0 Å². The van der Waals surface area contributed by atoms with Crippen LogP contribution in [0, 0.1) is 5.41 Å². The number of furan rings is 1. The van der Waals surface area contributed by atoms with Crippen LogP contribution in [0.5, 0.6) is 0 Å². The van der Waals surface area contributed by atoms with Crippen molar-refractivity contribution < 1.29 is 18.7 Å². The summed E-state index contributed by atoms with van der Waals surface area (Å²) in [6, 6.07) is 3.47. The van der Waals surface area contributed by atoms with Crippen molar-refractivity contribution in [2.45, 2.75) is 27.7 Å². The van der Waals surface area contributed by atoms with Gasteiger partial charge in [0.1, 0.15) is 5.76 Å². The number of allylic oxidation sites excluding steroid dienone is 2. The molecule has 0 aliphatic heterocycles. The number of Topliss-reactive ketones (excluding diaryl/α,β-unsaturated/α-hetero) is 1. The Morgan fingerprint density at radius 1 is 1.33 bits per heavy atom. The summed E-state index contributed by atoms with van der Waals surface area (Å²) in [6.07, 6.45) is 4.42. The summed E-state index contributed by atoms with van der Waals surface area (Å²) < 4.78 is 10.2. The molecule has 0 saturated heterocycles. The molecule has 0 aromatic carbocycles. The van der Waals surface area contributed by atoms with Gasteiger partial charge in [0.2, 0.25) is 5.91 Å². The average Bonchev–Trinajstić information content (AvgIpc) is 2.87. The summed E-state index contributed by atoms with van der Waals surface area (Å²) in [5, 5.41) is 2.72. The van der Waals surface area contributed by atoms with Crippen LogP contribution in [0.3, 0.4) is 0 Å². The molecule has 0 unspecified atom stereocenters. The van der Waals surface area contributed by atoms with Crippen molar-refractivity contribution >= 4 is 17.8 Å². The highest BCUT2D eigenvalue weighted by atomic mass is 16.5. The average molecular weight is 291 g/mol. The maximum Gasteiger partial charge on any atom is 0.248 e. The Labute approximate surface area is 124 Å². The molecule has 1 aromatic rings. The van der Waals surface area contributed by atoms with E-state index in [-0.39, 0.29) is 17.4 Å². The predicted octanol–water partition coefficient (Wildman–Crippen LogP) is 2.90. The van der Waals surface area contributed by atoms with E-state index in [2.05, 4.69) is 5.32 Å². The monoisotopic (exact) mass is 291 g/mol. The number of amides is 1. The number of rotatable bonds is 5. The number of ketones is 1. The molecular formula is C16H21NO4. The van der Waals surface area contributed by atoms with E-state index in [0.29, 0.717) is 11.5 Å². The molecule has 0 atom stereocenters. The van der Waals surface area contributed by atoms with Gasteiger partial charge in [-0.1, -0.05) is 20.8 Å². The van der Waals surface area contributed by atoms with E-state index in [1.54, 1.807) is 18.2 Å². The van der Waals surface area contributed by atoms with Gasteiger partial charge in [0.05, 0.1) is 19.1 Å². The second-order valence-corrected chi connectivity index (χ2v) is 5.55. The first-order valence-corrected chi connectivity index (χ1v) is 6.58. The zero-order valence-electron chi connectivity index (χ0n) is 13.0. The number of ether oxygens (including phenoxy) is 1. The van der Waals surface area contributed by atoms with Crippen LogP contribution in [-0.2, 0) is 14.3 Å². The summed E-state index contributed by atoms with van der Waals surface area (Å²) in [6.45, 7) is 7.07. The van der Waals surface area contributed by atoms with Crippen LogP contribution in [0.4, 0.5) is 0 Å². The quantitative estimate of drug-likeness (QED) is 0.669. The van der Waals surface area contributed by atoms with E-state index in [1.165, 1.54) is 26.4 Å². The van der Waals surface area contributed by atoms with Gasteiger partial charge in [0.25, 0.3) is 0 Å². The van der Waals surface area contributed by atoms with Crippen LogP contribution in [0.15, 0.2) is 40.3 Å². The zero-order valence-corrected chi connectivity index (χ0v) is 13.0. The van der Waals surface area contributed by atoms with Gasteiger partial charge < -0.3 is 14.5 Å². The molecule has 0 aliphatic rings. The van der Waals surface area contributed by atoms with Crippen LogP contribution < -0.4 is 5.32 Å². The first kappa shape index (κ1) is 16.8. The topological polar surface area (TPSA) is 68.5 Å². The van der Waals surface area contributed by atoms with Gasteiger partial charge in [-0.15, -0.1) is 0 Å². The molecule has 1 amide bonds. The minimum absolute atomic E-state index is 0.155. The molecule has 114 valence electrons. The molecule has 0 aliphatic carbocycles. The van der Waals surface area contributed by atoms with Crippen molar-refractivity contribution in [2.24, 2.45) is 5.41 Å². The minimum atomic E-state index is -0.439. The van der Waals surface area contributed by atoms with Crippen molar-refractivity contribution in [3.63, 3.8) is 0 Å². The molecule has 0 spiro atoms. The van der Waals surface area contributed by atoms with Gasteiger partial charge in [0, 0.05) is 18.4 Å². The molecule has 0 bridgehead atoms. The Morgan fingerprint density at radius 2 is 2.00 bits per heavy atom. The molecule has 0 radical (unpaired) electrons. The van der Waals surface area contributed by atoms with Crippen molar-refractivity contribution in [1.82, 2.24) is 5.32 Å². The van der Waals surface area contributed by atoms with E-state index >= 15 is 0 Å². The number of carbonyl (C=O) groups excluding carboxylic acids is 2. The lowest BCUT2D eigenvalue weighted by Crippen LogP contribution is -2.32. The van der Waals surface area contributed by atoms with Gasteiger partial charge in [-0.3, -0.25) is 9.59 Å². The summed E-state index contributed by atoms with van der Waals surface area (Å²) in [5.41, 5.74) is 0.0113. The predicted molar refractivity (Wildman–Crippen MR) is 80.1 cm³/mol. The third kappa shape index (κ3) is 4.95. The van der Waals surface area contributed by atoms with Gasteiger partial charge in [-0.25, -0.2) is 0 Å². The van der Waals surface area contributed by atoms with Crippen LogP contribution in [0.25, 0.3) is 6.08 Å². The standard InChI is InChI=1S/C16H21NO4/c1-11(18)14(20-5)15(16(2,3)4)17-13(19)9-8-12-7-6-10-21-12/h6-10H,1-5H3,(H,17,19)/b9-8+,15-14+. The Kier molecular flexibility index (Phi) is 5.52. The smallest absolute Gasteiger partial charge is 0.248 e. The number of hydrogen-bond donors (Lipinski definition) is 1. The van der Waals surface area contributed by atoms with E-state index in [9.17, 15) is 9.59 Å². The lowest BCUT2D eigenvalue weighted by atomic mass is 9.90. The maximum absolute atomic E-state index is 12.0. The number of methoxy groups -OCH3 is 1. The summed E-state index contributed by atoms with van der Waals surface area (Å²) in [4.78, 5) is 23.6. The van der Waals surface area contributed by atoms with E-state index in [4.69, 9.17) is 9.15 Å². The minimum Gasteiger partial charge on any atom is -0.491 e. The number of carbonyl (C=O) groups is 2. The van der Waals surface area contributed by atoms with Crippen molar-refractivity contribution in [3.05, 3.63) is 41.7 Å². The van der Waals surface area contributed by atoms with E-state index < -0.39 is 5.41 Å². The number of nitrogens with one attached hydrogen (secondary N) is 1. The SMILES string of the molecule is CO/C(C(C)=O)=C(/NC(=O)/C=C/c1ccco1)C(C)(C)C. The molecule has 5 heteroatoms. The summed E-state index contributed by atoms with van der Waals surface area (Å²) >= 11 is 0. The van der Waals surface area contributed by atoms with Crippen molar-refractivity contribution in [3.8, 4) is 0 Å². The molecule has 5 nitrogen and oxygen atoms in total. The Morgan fingerprint density at radius 3 is 2.43 bits per heavy atom. The Bertz CT molecular complexity index is 560. The number of hydrogen-bond acceptors (Lipinski definition) is 4. The van der Waals surface area contributed by atoms with Gasteiger partial charge >= 0.3 is 0 Å². The normalized spacial score (nSPS) is 13.0. The fraction of sp³-hybridized carbons (Fsp3) is 0.375. The summed E-state index contributed by atoms with van der Waals surface area (Å²) in [5.74, 6) is 0.136. The second-order valence-electron chi connectivity index (χ2n) is 5.55. The van der Waals surface area contributed by atoms with Gasteiger partial charge in [-0.05, 0) is 18.2 Å². The molecule has 21 heavy (non-hydrogen) atoms. The highest BCUT2D eigenvalue weighted by molar-refractivity contribution is 5.96. The lowest BCUT2D eigenvalue weighted by molar-refractivity contribution is -0.117. The second kappa shape index (κ2) is 6.92. The highest BCUT2D eigenvalue weighted by Crippen LogP contribution is 2.26. The molecule has 1 aromatic heterocycles. The zero-order chi connectivity index (χ0) is 16.0. The van der Waals surface area contributed by atoms with Crippen LogP contribution in [0.2, 0.25) is 0 Å². The molecule has 0 saturated carbocycles. The summed E-state index contributed by atoms with van der Waals surface area (Å²) in [7, 11) is 1.41. The van der Waals surface area contributed by atoms with Crippen molar-refractivity contribution in [2.75, 3.05) is 7.11 Å². The first-order chi connectivity index (χ1) is 9.75. The fourth-order valence-corrected chi connectivity index (χ4v) is 1.72. The third-order valence-corrected chi connectivity index (χ3v) is 2.69. The molecule has 1 N–H and O–H groups in total.